The quantitative estimate of drug-likeness (QED) is 0.468. The first kappa shape index (κ1) is 21.8. The van der Waals surface area contributed by atoms with E-state index in [4.69, 9.17) is 19.1 Å². The lowest BCUT2D eigenvalue weighted by molar-refractivity contribution is -0.137. The number of carboxylic acids is 1. The van der Waals surface area contributed by atoms with E-state index in [1.807, 2.05) is 26.0 Å². The van der Waals surface area contributed by atoms with Gasteiger partial charge < -0.3 is 19.1 Å². The molecule has 0 fully saturated rings. The van der Waals surface area contributed by atoms with Crippen LogP contribution in [0.2, 0.25) is 0 Å². The van der Waals surface area contributed by atoms with E-state index in [1.165, 1.54) is 0 Å². The lowest BCUT2D eigenvalue weighted by atomic mass is 10.1. The van der Waals surface area contributed by atoms with Crippen LogP contribution in [0.4, 0.5) is 0 Å². The summed E-state index contributed by atoms with van der Waals surface area (Å²) >= 11 is 0. The van der Waals surface area contributed by atoms with Crippen LogP contribution >= 0.6 is 0 Å². The largest absolute Gasteiger partial charge is 0.494 e. The Balaban J connectivity index is 1.65. The maximum Gasteiger partial charge on any atom is 0.303 e. The summed E-state index contributed by atoms with van der Waals surface area (Å²) in [6.07, 6.45) is 1.36. The van der Waals surface area contributed by atoms with Gasteiger partial charge in [-0.1, -0.05) is 5.16 Å². The van der Waals surface area contributed by atoms with Crippen LogP contribution in [0.25, 0.3) is 22.8 Å². The molecular formula is C23H23N3O5. The second kappa shape index (κ2) is 10.3. The molecule has 0 saturated heterocycles. The molecule has 0 unspecified atom stereocenters. The van der Waals surface area contributed by atoms with Crippen molar-refractivity contribution in [2.75, 3.05) is 6.61 Å². The Kier molecular flexibility index (Phi) is 7.22. The molecule has 0 saturated carbocycles. The molecule has 1 heterocycles. The first-order valence-electron chi connectivity index (χ1n) is 9.96. The number of ether oxygens (including phenoxy) is 2. The zero-order chi connectivity index (χ0) is 22.2. The Hall–Kier alpha value is -3.86. The summed E-state index contributed by atoms with van der Waals surface area (Å²) in [5.74, 6) is 1.12. The monoisotopic (exact) mass is 421 g/mol. The zero-order valence-corrected chi connectivity index (χ0v) is 17.4. The average Bonchev–Trinajstić information content (AvgIpc) is 3.24. The van der Waals surface area contributed by atoms with Gasteiger partial charge in [0.15, 0.2) is 0 Å². The molecule has 0 aliphatic carbocycles. The van der Waals surface area contributed by atoms with Crippen molar-refractivity contribution < 1.29 is 23.9 Å². The molecule has 0 spiro atoms. The number of aromatic nitrogens is 2. The number of unbranched alkanes of at least 4 members (excludes halogenated alkanes) is 1. The molecule has 0 aliphatic heterocycles. The zero-order valence-electron chi connectivity index (χ0n) is 17.4. The van der Waals surface area contributed by atoms with E-state index in [9.17, 15) is 10.1 Å². The number of carbonyl (C=O) groups is 1. The lowest BCUT2D eigenvalue weighted by Crippen LogP contribution is -2.06. The number of aliphatic carboxylic acids is 1. The molecule has 0 bridgehead atoms. The van der Waals surface area contributed by atoms with E-state index >= 15 is 0 Å². The van der Waals surface area contributed by atoms with Gasteiger partial charge in [-0.25, -0.2) is 0 Å². The SMILES string of the molecule is CC(C)Oc1ccc(-c2nc(-c3ccc(OCCCCC(=O)O)cc3)no2)cc1C#N. The minimum atomic E-state index is -0.799. The fraction of sp³-hybridized carbons (Fsp3) is 0.304. The van der Waals surface area contributed by atoms with Crippen molar-refractivity contribution in [2.45, 2.75) is 39.2 Å². The van der Waals surface area contributed by atoms with E-state index in [-0.39, 0.29) is 12.5 Å². The summed E-state index contributed by atoms with van der Waals surface area (Å²) in [5, 5.41) is 22.1. The second-order valence-electron chi connectivity index (χ2n) is 7.14. The highest BCUT2D eigenvalue weighted by Gasteiger charge is 2.14. The third-order valence-electron chi connectivity index (χ3n) is 4.30. The van der Waals surface area contributed by atoms with Gasteiger partial charge in [0.25, 0.3) is 5.89 Å². The minimum absolute atomic E-state index is 0.0374. The van der Waals surface area contributed by atoms with E-state index in [0.717, 1.165) is 5.56 Å². The number of hydrogen-bond acceptors (Lipinski definition) is 7. The smallest absolute Gasteiger partial charge is 0.303 e. The van der Waals surface area contributed by atoms with Crippen molar-refractivity contribution in [3.05, 3.63) is 48.0 Å². The Labute approximate surface area is 180 Å². The molecule has 1 aromatic heterocycles. The number of hydrogen-bond donors (Lipinski definition) is 1. The lowest BCUT2D eigenvalue weighted by Gasteiger charge is -2.11. The van der Waals surface area contributed by atoms with Gasteiger partial charge in [0.05, 0.1) is 18.3 Å². The van der Waals surface area contributed by atoms with Crippen molar-refractivity contribution in [2.24, 2.45) is 0 Å². The first-order chi connectivity index (χ1) is 15.0. The Morgan fingerprint density at radius 2 is 1.90 bits per heavy atom. The van der Waals surface area contributed by atoms with E-state index in [1.54, 1.807) is 30.3 Å². The standard InChI is InChI=1S/C23H23N3O5/c1-15(2)30-20-11-8-17(13-18(20)14-24)23-25-22(26-31-23)16-6-9-19(10-7-16)29-12-4-3-5-21(27)28/h6-11,13,15H,3-5,12H2,1-2H3,(H,27,28). The predicted molar refractivity (Wildman–Crippen MR) is 113 cm³/mol. The van der Waals surface area contributed by atoms with Crippen molar-refractivity contribution in [3.8, 4) is 40.4 Å². The van der Waals surface area contributed by atoms with Gasteiger partial charge >= 0.3 is 5.97 Å². The maximum absolute atomic E-state index is 10.5. The second-order valence-corrected chi connectivity index (χ2v) is 7.14. The van der Waals surface area contributed by atoms with Gasteiger partial charge in [0, 0.05) is 17.5 Å². The van der Waals surface area contributed by atoms with E-state index < -0.39 is 5.97 Å². The topological polar surface area (TPSA) is 118 Å². The molecule has 3 aromatic rings. The van der Waals surface area contributed by atoms with Crippen LogP contribution in [0.3, 0.4) is 0 Å². The normalized spacial score (nSPS) is 10.6. The summed E-state index contributed by atoms with van der Waals surface area (Å²) < 4.78 is 16.6. The fourth-order valence-electron chi connectivity index (χ4n) is 2.83. The molecule has 31 heavy (non-hydrogen) atoms. The predicted octanol–water partition coefficient (Wildman–Crippen LogP) is 4.70. The molecule has 0 atom stereocenters. The molecule has 8 nitrogen and oxygen atoms in total. The van der Waals surface area contributed by atoms with Crippen molar-refractivity contribution in [3.63, 3.8) is 0 Å². The summed E-state index contributed by atoms with van der Waals surface area (Å²) in [6.45, 7) is 4.25. The average molecular weight is 421 g/mol. The summed E-state index contributed by atoms with van der Waals surface area (Å²) in [6, 6.07) is 14.5. The fourth-order valence-corrected chi connectivity index (χ4v) is 2.83. The molecule has 0 amide bonds. The molecule has 0 radical (unpaired) electrons. The molecule has 3 rings (SSSR count). The summed E-state index contributed by atoms with van der Waals surface area (Å²) in [5.41, 5.74) is 1.79. The number of rotatable bonds is 10. The molecular weight excluding hydrogens is 398 g/mol. The number of nitrogens with zero attached hydrogens (tertiary/aromatic N) is 3. The highest BCUT2D eigenvalue weighted by molar-refractivity contribution is 5.66. The number of nitriles is 1. The molecule has 160 valence electrons. The summed E-state index contributed by atoms with van der Waals surface area (Å²) in [7, 11) is 0. The number of benzene rings is 2. The highest BCUT2D eigenvalue weighted by atomic mass is 16.5. The van der Waals surface area contributed by atoms with Crippen LogP contribution in [0.5, 0.6) is 11.5 Å². The van der Waals surface area contributed by atoms with Crippen LogP contribution in [0.15, 0.2) is 47.0 Å². The van der Waals surface area contributed by atoms with Gasteiger partial charge in [-0.2, -0.15) is 10.2 Å². The van der Waals surface area contributed by atoms with Crippen molar-refractivity contribution >= 4 is 5.97 Å². The Bertz CT molecular complexity index is 1070. The molecule has 8 heteroatoms. The van der Waals surface area contributed by atoms with E-state index in [0.29, 0.717) is 53.8 Å². The van der Waals surface area contributed by atoms with Gasteiger partial charge in [0.1, 0.15) is 17.6 Å². The minimum Gasteiger partial charge on any atom is -0.494 e. The van der Waals surface area contributed by atoms with Gasteiger partial charge in [-0.15, -0.1) is 0 Å². The molecule has 1 N–H and O–H groups in total. The van der Waals surface area contributed by atoms with Gasteiger partial charge in [0.2, 0.25) is 5.82 Å². The van der Waals surface area contributed by atoms with Crippen LogP contribution in [0.1, 0.15) is 38.7 Å². The third kappa shape index (κ3) is 6.06. The van der Waals surface area contributed by atoms with Crippen molar-refractivity contribution in [1.29, 1.82) is 5.26 Å². The van der Waals surface area contributed by atoms with Crippen LogP contribution in [-0.4, -0.2) is 33.9 Å². The van der Waals surface area contributed by atoms with Crippen LogP contribution in [-0.2, 0) is 4.79 Å². The van der Waals surface area contributed by atoms with Crippen molar-refractivity contribution in [1.82, 2.24) is 10.1 Å². The Morgan fingerprint density at radius 3 is 2.58 bits per heavy atom. The van der Waals surface area contributed by atoms with Gasteiger partial charge in [-0.05, 0) is 69.2 Å². The van der Waals surface area contributed by atoms with E-state index in [2.05, 4.69) is 16.2 Å². The third-order valence-corrected chi connectivity index (χ3v) is 4.30. The molecule has 0 aliphatic rings. The highest BCUT2D eigenvalue weighted by Crippen LogP contribution is 2.28. The van der Waals surface area contributed by atoms with Gasteiger partial charge in [-0.3, -0.25) is 4.79 Å². The maximum atomic E-state index is 10.5. The molecule has 2 aromatic carbocycles. The van der Waals surface area contributed by atoms with Crippen LogP contribution < -0.4 is 9.47 Å². The van der Waals surface area contributed by atoms with Crippen LogP contribution in [0, 0.1) is 11.3 Å². The number of carboxylic acid groups (broad SMARTS) is 1. The Morgan fingerprint density at radius 1 is 1.16 bits per heavy atom. The summed E-state index contributed by atoms with van der Waals surface area (Å²) in [4.78, 5) is 14.9. The first-order valence-corrected chi connectivity index (χ1v) is 9.96.